The normalized spacial score (nSPS) is 31.3. The largest absolute Gasteiger partial charge is 0.481 e. The minimum absolute atomic E-state index is 0.0612. The zero-order chi connectivity index (χ0) is 17.5. The number of rotatable bonds is 4. The Balaban J connectivity index is 1.62. The second kappa shape index (κ2) is 5.81. The van der Waals surface area contributed by atoms with Crippen LogP contribution < -0.4 is 10.1 Å². The molecule has 0 spiro atoms. The molecule has 2 bridgehead atoms. The van der Waals surface area contributed by atoms with Gasteiger partial charge in [-0.1, -0.05) is 20.8 Å². The molecule has 2 aliphatic carbocycles. The first-order valence-corrected chi connectivity index (χ1v) is 8.75. The third kappa shape index (κ3) is 2.56. The number of hydrogen-bond acceptors (Lipinski definition) is 3. The number of benzene rings is 1. The van der Waals surface area contributed by atoms with Gasteiger partial charge in [-0.3, -0.25) is 4.79 Å². The predicted octanol–water partition coefficient (Wildman–Crippen LogP) is 3.66. The molecule has 4 unspecified atom stereocenters. The summed E-state index contributed by atoms with van der Waals surface area (Å²) in [7, 11) is 0. The molecule has 2 aliphatic rings. The summed E-state index contributed by atoms with van der Waals surface area (Å²) in [4.78, 5) is 12.6. The van der Waals surface area contributed by atoms with Gasteiger partial charge < -0.3 is 10.1 Å². The number of nitriles is 1. The highest BCUT2D eigenvalue weighted by atomic mass is 16.5. The molecular formula is C20H26N2O2. The van der Waals surface area contributed by atoms with Crippen LogP contribution in [0.3, 0.4) is 0 Å². The summed E-state index contributed by atoms with van der Waals surface area (Å²) in [5.41, 5.74) is 1.03. The van der Waals surface area contributed by atoms with E-state index in [9.17, 15) is 4.79 Å². The minimum atomic E-state index is -0.552. The Morgan fingerprint density at radius 2 is 2.00 bits per heavy atom. The lowest BCUT2D eigenvalue weighted by Gasteiger charge is -2.39. The van der Waals surface area contributed by atoms with Crippen molar-refractivity contribution >= 4 is 5.91 Å². The third-order valence-corrected chi connectivity index (χ3v) is 6.78. The number of fused-ring (bicyclic) bond motifs is 2. The van der Waals surface area contributed by atoms with Crippen LogP contribution in [0.2, 0.25) is 0 Å². The van der Waals surface area contributed by atoms with E-state index in [0.717, 1.165) is 6.42 Å². The quantitative estimate of drug-likeness (QED) is 0.918. The lowest BCUT2D eigenvalue weighted by Crippen LogP contribution is -2.50. The van der Waals surface area contributed by atoms with Gasteiger partial charge in [-0.2, -0.15) is 5.26 Å². The minimum Gasteiger partial charge on any atom is -0.481 e. The summed E-state index contributed by atoms with van der Waals surface area (Å²) in [6.07, 6.45) is 2.97. The molecule has 0 radical (unpaired) electrons. The number of nitrogens with zero attached hydrogens (tertiary/aromatic N) is 1. The fourth-order valence-electron chi connectivity index (χ4n) is 4.58. The van der Waals surface area contributed by atoms with E-state index >= 15 is 0 Å². The van der Waals surface area contributed by atoms with Crippen LogP contribution in [0, 0.1) is 28.1 Å². The molecule has 2 saturated carbocycles. The van der Waals surface area contributed by atoms with Crippen molar-refractivity contribution in [2.45, 2.75) is 59.1 Å². The lowest BCUT2D eigenvalue weighted by atomic mass is 9.69. The Morgan fingerprint density at radius 1 is 1.33 bits per heavy atom. The Morgan fingerprint density at radius 3 is 2.50 bits per heavy atom. The predicted molar refractivity (Wildman–Crippen MR) is 92.4 cm³/mol. The highest BCUT2D eigenvalue weighted by molar-refractivity contribution is 5.81. The first-order chi connectivity index (χ1) is 11.3. The van der Waals surface area contributed by atoms with Gasteiger partial charge in [0.25, 0.3) is 5.91 Å². The summed E-state index contributed by atoms with van der Waals surface area (Å²) < 4.78 is 5.73. The van der Waals surface area contributed by atoms with Crippen LogP contribution >= 0.6 is 0 Å². The maximum Gasteiger partial charge on any atom is 0.261 e. The number of amides is 1. The summed E-state index contributed by atoms with van der Waals surface area (Å²) in [5.74, 6) is 1.24. The van der Waals surface area contributed by atoms with E-state index in [1.54, 1.807) is 31.2 Å². The molecule has 1 amide bonds. The van der Waals surface area contributed by atoms with E-state index in [0.29, 0.717) is 17.2 Å². The van der Waals surface area contributed by atoms with Crippen molar-refractivity contribution in [2.24, 2.45) is 16.7 Å². The van der Waals surface area contributed by atoms with Crippen LogP contribution in [-0.2, 0) is 4.79 Å². The van der Waals surface area contributed by atoms with Crippen LogP contribution in [0.4, 0.5) is 0 Å². The van der Waals surface area contributed by atoms with Gasteiger partial charge in [0.1, 0.15) is 5.75 Å². The Bertz CT molecular complexity index is 674. The van der Waals surface area contributed by atoms with Gasteiger partial charge in [0.2, 0.25) is 0 Å². The van der Waals surface area contributed by atoms with Crippen molar-refractivity contribution < 1.29 is 9.53 Å². The molecule has 3 rings (SSSR count). The molecule has 4 nitrogen and oxygen atoms in total. The number of ether oxygens (including phenoxy) is 1. The molecule has 1 aromatic rings. The number of carbonyl (C=O) groups excluding carboxylic acids is 1. The van der Waals surface area contributed by atoms with Gasteiger partial charge in [-0.05, 0) is 67.2 Å². The first kappa shape index (κ1) is 16.8. The second-order valence-electron chi connectivity index (χ2n) is 8.07. The molecule has 4 heteroatoms. The molecule has 0 aliphatic heterocycles. The zero-order valence-electron chi connectivity index (χ0n) is 14.9. The number of hydrogen-bond donors (Lipinski definition) is 1. The topological polar surface area (TPSA) is 62.1 Å². The van der Waals surface area contributed by atoms with Gasteiger partial charge >= 0.3 is 0 Å². The molecule has 1 aromatic carbocycles. The molecular weight excluding hydrogens is 300 g/mol. The molecule has 1 N–H and O–H groups in total. The third-order valence-electron chi connectivity index (χ3n) is 6.78. The Kier molecular flexibility index (Phi) is 4.07. The molecule has 24 heavy (non-hydrogen) atoms. The fourth-order valence-corrected chi connectivity index (χ4v) is 4.58. The van der Waals surface area contributed by atoms with E-state index in [4.69, 9.17) is 10.00 Å². The monoisotopic (exact) mass is 326 g/mol. The summed E-state index contributed by atoms with van der Waals surface area (Å²) in [6.45, 7) is 8.77. The zero-order valence-corrected chi connectivity index (χ0v) is 14.9. The summed E-state index contributed by atoms with van der Waals surface area (Å²) in [5, 5.41) is 12.1. The van der Waals surface area contributed by atoms with Gasteiger partial charge in [-0.15, -0.1) is 0 Å². The molecule has 128 valence electrons. The van der Waals surface area contributed by atoms with Crippen LogP contribution in [0.25, 0.3) is 0 Å². The van der Waals surface area contributed by atoms with Crippen LogP contribution in [-0.4, -0.2) is 18.1 Å². The van der Waals surface area contributed by atoms with E-state index in [1.807, 2.05) is 0 Å². The number of nitrogens with one attached hydrogen (secondary N) is 1. The lowest BCUT2D eigenvalue weighted by molar-refractivity contribution is -0.129. The highest BCUT2D eigenvalue weighted by Gasteiger charge is 2.61. The van der Waals surface area contributed by atoms with E-state index in [-0.39, 0.29) is 22.8 Å². The van der Waals surface area contributed by atoms with E-state index < -0.39 is 6.10 Å². The maximum atomic E-state index is 12.6. The molecule has 2 fully saturated rings. The maximum absolute atomic E-state index is 12.6. The Hall–Kier alpha value is -2.02. The highest BCUT2D eigenvalue weighted by Crippen LogP contribution is 2.65. The van der Waals surface area contributed by atoms with Crippen molar-refractivity contribution in [3.8, 4) is 11.8 Å². The van der Waals surface area contributed by atoms with Crippen molar-refractivity contribution in [3.05, 3.63) is 29.8 Å². The van der Waals surface area contributed by atoms with E-state index in [2.05, 4.69) is 32.2 Å². The first-order valence-electron chi connectivity index (χ1n) is 8.75. The summed E-state index contributed by atoms with van der Waals surface area (Å²) in [6, 6.07) is 9.14. The molecule has 4 atom stereocenters. The van der Waals surface area contributed by atoms with Crippen molar-refractivity contribution in [1.82, 2.24) is 5.32 Å². The SMILES string of the molecule is CC(Oc1ccc(C#N)cc1)C(=O)NC1CC2CCC1(C)C2(C)C. The molecule has 0 saturated heterocycles. The van der Waals surface area contributed by atoms with Gasteiger partial charge in [0, 0.05) is 6.04 Å². The average molecular weight is 326 g/mol. The molecule has 0 heterocycles. The summed E-state index contributed by atoms with van der Waals surface area (Å²) >= 11 is 0. The van der Waals surface area contributed by atoms with Crippen LogP contribution in [0.1, 0.15) is 52.5 Å². The number of carbonyl (C=O) groups is 1. The fraction of sp³-hybridized carbons (Fsp3) is 0.600. The van der Waals surface area contributed by atoms with Crippen molar-refractivity contribution in [3.63, 3.8) is 0 Å². The average Bonchev–Trinajstić information content (AvgIpc) is 2.89. The Labute approximate surface area is 144 Å². The van der Waals surface area contributed by atoms with Gasteiger partial charge in [0.05, 0.1) is 11.6 Å². The van der Waals surface area contributed by atoms with Crippen LogP contribution in [0.15, 0.2) is 24.3 Å². The van der Waals surface area contributed by atoms with Gasteiger partial charge in [-0.25, -0.2) is 0 Å². The van der Waals surface area contributed by atoms with E-state index in [1.165, 1.54) is 12.8 Å². The molecule has 0 aromatic heterocycles. The second-order valence-corrected chi connectivity index (χ2v) is 8.07. The van der Waals surface area contributed by atoms with Crippen molar-refractivity contribution in [1.29, 1.82) is 5.26 Å². The van der Waals surface area contributed by atoms with Gasteiger partial charge in [0.15, 0.2) is 6.10 Å². The van der Waals surface area contributed by atoms with Crippen molar-refractivity contribution in [2.75, 3.05) is 0 Å². The standard InChI is InChI=1S/C20H26N2O2/c1-13(24-16-7-5-14(12-21)6-8-16)18(23)22-17-11-15-9-10-20(17,4)19(15,2)3/h5-8,13,15,17H,9-11H2,1-4H3,(H,22,23). The smallest absolute Gasteiger partial charge is 0.261 e. The van der Waals surface area contributed by atoms with Crippen LogP contribution in [0.5, 0.6) is 5.75 Å².